The van der Waals surface area contributed by atoms with E-state index in [9.17, 15) is 29.7 Å². The molecule has 0 aromatic heterocycles. The largest absolute Gasteiger partial charge is 0.454 e. The molecule has 0 unspecified atom stereocenters. The standard InChI is InChI=1S/C38H55NO8/c1-6-7-8-9-10-11-12-13-14-15-16-17-30(41)47-38-31(35(38,4)5)27-21-26(23-40)22-36(44)29(20-24(2)32(36)42)37(27,45)25(3)33(38)46-34(43)28-18-19-39-28/h18-21,25,27,29,31,33,40,44-45H,6-17,22-23H2,1-5H3/t25-,27+,29-,31+,33-,36-,37-,38-/m1/s1. The van der Waals surface area contributed by atoms with Crippen LogP contribution in [-0.2, 0) is 23.9 Å². The average molecular weight is 654 g/mol. The molecule has 5 aliphatic rings. The second-order valence-corrected chi connectivity index (χ2v) is 15.4. The van der Waals surface area contributed by atoms with Crippen LogP contribution in [0.15, 0.2) is 40.6 Å². The molecule has 0 aromatic rings. The van der Waals surface area contributed by atoms with E-state index in [1.165, 1.54) is 57.2 Å². The Morgan fingerprint density at radius 1 is 0.979 bits per heavy atom. The van der Waals surface area contributed by atoms with Gasteiger partial charge in [0, 0.05) is 48.1 Å². The minimum Gasteiger partial charge on any atom is -0.454 e. The Balaban J connectivity index is 1.35. The van der Waals surface area contributed by atoms with Gasteiger partial charge in [-0.15, -0.1) is 0 Å². The number of fused-ring (bicyclic) bond motifs is 5. The summed E-state index contributed by atoms with van der Waals surface area (Å²) in [5.74, 6) is -4.65. The van der Waals surface area contributed by atoms with Crippen LogP contribution < -0.4 is 0 Å². The second-order valence-electron chi connectivity index (χ2n) is 15.4. The van der Waals surface area contributed by atoms with Crippen LogP contribution >= 0.6 is 0 Å². The lowest BCUT2D eigenvalue weighted by Crippen LogP contribution is -2.66. The predicted molar refractivity (Wildman–Crippen MR) is 178 cm³/mol. The lowest BCUT2D eigenvalue weighted by molar-refractivity contribution is -0.226. The molecule has 0 amide bonds. The number of aliphatic hydroxyl groups is 3. The Morgan fingerprint density at radius 3 is 2.13 bits per heavy atom. The first-order valence-electron chi connectivity index (χ1n) is 18.0. The number of esters is 2. The first-order valence-corrected chi connectivity index (χ1v) is 18.0. The summed E-state index contributed by atoms with van der Waals surface area (Å²) in [6, 6.07) is 0. The highest BCUT2D eigenvalue weighted by molar-refractivity contribution is 6.43. The van der Waals surface area contributed by atoms with E-state index in [-0.39, 0.29) is 24.5 Å². The first-order chi connectivity index (χ1) is 22.3. The fraction of sp³-hybridized carbons (Fsp3) is 0.737. The number of ether oxygens (including phenoxy) is 2. The van der Waals surface area contributed by atoms with Crippen molar-refractivity contribution in [1.82, 2.24) is 0 Å². The number of nitrogens with zero attached hydrogens (tertiary/aromatic N) is 1. The molecule has 2 fully saturated rings. The van der Waals surface area contributed by atoms with Crippen molar-refractivity contribution in [2.24, 2.45) is 34.1 Å². The van der Waals surface area contributed by atoms with E-state index in [4.69, 9.17) is 9.47 Å². The van der Waals surface area contributed by atoms with Crippen molar-refractivity contribution >= 4 is 23.4 Å². The third kappa shape index (κ3) is 5.99. The molecule has 4 aliphatic carbocycles. The molecule has 0 aromatic carbocycles. The molecule has 1 heterocycles. The number of aliphatic hydroxyl groups excluding tert-OH is 1. The molecule has 0 radical (unpaired) electrons. The monoisotopic (exact) mass is 653 g/mol. The lowest BCUT2D eigenvalue weighted by atomic mass is 9.59. The van der Waals surface area contributed by atoms with Crippen LogP contribution in [0.5, 0.6) is 0 Å². The number of Topliss-reactive ketones (excluding diaryl/α,β-unsaturated/α-hetero) is 1. The van der Waals surface area contributed by atoms with Crippen molar-refractivity contribution in [3.63, 3.8) is 0 Å². The molecule has 9 heteroatoms. The maximum absolute atomic E-state index is 13.6. The summed E-state index contributed by atoms with van der Waals surface area (Å²) in [6.07, 6.45) is 18.2. The van der Waals surface area contributed by atoms with Crippen LogP contribution in [0.4, 0.5) is 0 Å². The number of rotatable bonds is 16. The molecule has 3 N–H and O–H groups in total. The van der Waals surface area contributed by atoms with Crippen molar-refractivity contribution in [3.05, 3.63) is 35.6 Å². The van der Waals surface area contributed by atoms with E-state index in [0.29, 0.717) is 17.6 Å². The van der Waals surface area contributed by atoms with Crippen LogP contribution in [0, 0.1) is 29.1 Å². The number of carbonyl (C=O) groups is 3. The highest BCUT2D eigenvalue weighted by Crippen LogP contribution is 2.77. The van der Waals surface area contributed by atoms with Gasteiger partial charge in [-0.05, 0) is 30.6 Å². The number of hydrogen-bond acceptors (Lipinski definition) is 9. The fourth-order valence-corrected chi connectivity index (χ4v) is 9.44. The summed E-state index contributed by atoms with van der Waals surface area (Å²) < 4.78 is 12.6. The van der Waals surface area contributed by atoms with Crippen LogP contribution in [0.1, 0.15) is 118 Å². The van der Waals surface area contributed by atoms with Crippen molar-refractivity contribution in [3.8, 4) is 0 Å². The molecule has 5 rings (SSSR count). The van der Waals surface area contributed by atoms with Gasteiger partial charge in [-0.3, -0.25) is 9.59 Å². The summed E-state index contributed by atoms with van der Waals surface area (Å²) in [5.41, 5.74) is -4.81. The van der Waals surface area contributed by atoms with Gasteiger partial charge in [-0.1, -0.05) is 104 Å². The number of carbonyl (C=O) groups excluding carboxylic acids is 3. The number of aliphatic imine (C=N–C) groups is 1. The molecule has 9 nitrogen and oxygen atoms in total. The molecule has 0 saturated heterocycles. The summed E-state index contributed by atoms with van der Waals surface area (Å²) in [6.45, 7) is 9.06. The number of unbranched alkanes of at least 4 members (excludes halogenated alkanes) is 10. The van der Waals surface area contributed by atoms with Crippen LogP contribution in [-0.4, -0.2) is 68.3 Å². The second kappa shape index (κ2) is 13.7. The van der Waals surface area contributed by atoms with E-state index in [2.05, 4.69) is 11.9 Å². The van der Waals surface area contributed by atoms with Crippen LogP contribution in [0.2, 0.25) is 0 Å². The molecule has 260 valence electrons. The van der Waals surface area contributed by atoms with Gasteiger partial charge in [-0.25, -0.2) is 9.79 Å². The highest BCUT2D eigenvalue weighted by Gasteiger charge is 2.88. The lowest BCUT2D eigenvalue weighted by Gasteiger charge is -2.53. The van der Waals surface area contributed by atoms with Gasteiger partial charge in [0.15, 0.2) is 11.4 Å². The van der Waals surface area contributed by atoms with E-state index in [1.54, 1.807) is 26.0 Å². The Bertz CT molecular complexity index is 1360. The van der Waals surface area contributed by atoms with Crippen molar-refractivity contribution in [1.29, 1.82) is 0 Å². The van der Waals surface area contributed by atoms with Gasteiger partial charge in [0.25, 0.3) is 0 Å². The van der Waals surface area contributed by atoms with Gasteiger partial charge in [-0.2, -0.15) is 0 Å². The van der Waals surface area contributed by atoms with E-state index < -0.39 is 70.4 Å². The minimum absolute atomic E-state index is 0.128. The van der Waals surface area contributed by atoms with Gasteiger partial charge in [0.05, 0.1) is 12.2 Å². The molecular formula is C38H55NO8. The Morgan fingerprint density at radius 2 is 1.57 bits per heavy atom. The van der Waals surface area contributed by atoms with Gasteiger partial charge < -0.3 is 24.8 Å². The van der Waals surface area contributed by atoms with Crippen LogP contribution in [0.25, 0.3) is 0 Å². The Hall–Kier alpha value is -2.62. The Kier molecular flexibility index (Phi) is 10.4. The normalized spacial score (nSPS) is 36.1. The molecule has 47 heavy (non-hydrogen) atoms. The third-order valence-corrected chi connectivity index (χ3v) is 12.1. The van der Waals surface area contributed by atoms with Gasteiger partial charge in [0.1, 0.15) is 17.4 Å². The molecule has 0 spiro atoms. The van der Waals surface area contributed by atoms with Gasteiger partial charge in [0.2, 0.25) is 0 Å². The van der Waals surface area contributed by atoms with Crippen molar-refractivity contribution in [2.75, 3.05) is 6.61 Å². The minimum atomic E-state index is -1.96. The van der Waals surface area contributed by atoms with E-state index in [0.717, 1.165) is 19.3 Å². The number of ketones is 1. The summed E-state index contributed by atoms with van der Waals surface area (Å²) in [5, 5.41) is 35.1. The van der Waals surface area contributed by atoms with Crippen molar-refractivity contribution < 1.29 is 39.2 Å². The van der Waals surface area contributed by atoms with E-state index >= 15 is 0 Å². The fourth-order valence-electron chi connectivity index (χ4n) is 9.44. The quantitative estimate of drug-likeness (QED) is 0.109. The zero-order valence-corrected chi connectivity index (χ0v) is 28.9. The zero-order valence-electron chi connectivity index (χ0n) is 28.9. The smallest absolute Gasteiger partial charge is 0.357 e. The maximum atomic E-state index is 13.6. The molecule has 0 bridgehead atoms. The van der Waals surface area contributed by atoms with Gasteiger partial charge >= 0.3 is 11.9 Å². The average Bonchev–Trinajstić information content (AvgIpc) is 3.42. The Labute approximate surface area is 279 Å². The molecule has 2 saturated carbocycles. The van der Waals surface area contributed by atoms with Crippen LogP contribution in [0.3, 0.4) is 0 Å². The molecule has 8 atom stereocenters. The summed E-state index contributed by atoms with van der Waals surface area (Å²) >= 11 is 0. The summed E-state index contributed by atoms with van der Waals surface area (Å²) in [7, 11) is 0. The number of hydrogen-bond donors (Lipinski definition) is 3. The summed E-state index contributed by atoms with van der Waals surface area (Å²) in [4.78, 5) is 44.2. The van der Waals surface area contributed by atoms with E-state index in [1.807, 2.05) is 13.8 Å². The third-order valence-electron chi connectivity index (χ3n) is 12.1. The SMILES string of the molecule is CCCCCCCCCCCCCC(=O)O[C@@]12[C@H](OC(=O)C3=NC=C3)[C@@H](C)[C@@]3(O)[C@@H](C=C(CO)C[C@]4(O)C(=O)C(C)=C[C@@H]34)[C@H]1C2(C)C. The zero-order chi connectivity index (χ0) is 34.2. The highest BCUT2D eigenvalue weighted by atomic mass is 16.6. The topological polar surface area (TPSA) is 143 Å². The van der Waals surface area contributed by atoms with Crippen molar-refractivity contribution in [2.45, 2.75) is 141 Å². The molecule has 1 aliphatic heterocycles. The predicted octanol–water partition coefficient (Wildman–Crippen LogP) is 5.70. The maximum Gasteiger partial charge on any atom is 0.357 e. The molecular weight excluding hydrogens is 598 g/mol. The first kappa shape index (κ1) is 35.7.